The number of carbonyl (C=O) groups is 2. The lowest BCUT2D eigenvalue weighted by atomic mass is 9.97. The van der Waals surface area contributed by atoms with E-state index in [2.05, 4.69) is 0 Å². The van der Waals surface area contributed by atoms with Crippen molar-refractivity contribution in [1.82, 2.24) is 4.90 Å². The van der Waals surface area contributed by atoms with Gasteiger partial charge >= 0.3 is 5.97 Å². The molecule has 1 amide bonds. The third-order valence-electron chi connectivity index (χ3n) is 4.16. The van der Waals surface area contributed by atoms with Gasteiger partial charge < -0.3 is 14.4 Å². The predicted octanol–water partition coefficient (Wildman–Crippen LogP) is 2.43. The maximum Gasteiger partial charge on any atom is 0.310 e. The van der Waals surface area contributed by atoms with Gasteiger partial charge in [0.25, 0.3) is 0 Å². The van der Waals surface area contributed by atoms with E-state index in [0.29, 0.717) is 26.0 Å². The van der Waals surface area contributed by atoms with E-state index in [9.17, 15) is 9.59 Å². The molecule has 0 aromatic heterocycles. The summed E-state index contributed by atoms with van der Waals surface area (Å²) in [5.41, 5.74) is 1.08. The van der Waals surface area contributed by atoms with Crippen molar-refractivity contribution in [3.8, 4) is 5.75 Å². The lowest BCUT2D eigenvalue weighted by Gasteiger charge is -2.31. The molecule has 0 saturated carbocycles. The number of ether oxygens (including phenoxy) is 2. The van der Waals surface area contributed by atoms with Crippen molar-refractivity contribution in [2.24, 2.45) is 5.92 Å². The van der Waals surface area contributed by atoms with Crippen LogP contribution in [0.2, 0.25) is 0 Å². The molecule has 0 radical (unpaired) electrons. The molecule has 1 aromatic carbocycles. The monoisotopic (exact) mass is 319 g/mol. The first-order valence-electron chi connectivity index (χ1n) is 8.21. The highest BCUT2D eigenvalue weighted by Crippen LogP contribution is 2.20. The summed E-state index contributed by atoms with van der Waals surface area (Å²) >= 11 is 0. The van der Waals surface area contributed by atoms with Crippen LogP contribution < -0.4 is 4.74 Å². The fourth-order valence-corrected chi connectivity index (χ4v) is 2.89. The topological polar surface area (TPSA) is 55.8 Å². The van der Waals surface area contributed by atoms with E-state index in [1.54, 1.807) is 18.9 Å². The summed E-state index contributed by atoms with van der Waals surface area (Å²) in [7, 11) is 1.63. The van der Waals surface area contributed by atoms with E-state index in [1.807, 2.05) is 24.3 Å². The van der Waals surface area contributed by atoms with Gasteiger partial charge in [0.1, 0.15) is 5.75 Å². The van der Waals surface area contributed by atoms with Crippen molar-refractivity contribution in [1.29, 1.82) is 0 Å². The molecular weight excluding hydrogens is 294 g/mol. The number of likely N-dealkylation sites (tertiary alicyclic amines) is 1. The molecule has 1 heterocycles. The number of rotatable bonds is 6. The lowest BCUT2D eigenvalue weighted by molar-refractivity contribution is -0.151. The molecule has 0 aliphatic carbocycles. The van der Waals surface area contributed by atoms with Crippen LogP contribution in [0.3, 0.4) is 0 Å². The number of benzene rings is 1. The van der Waals surface area contributed by atoms with Crippen LogP contribution in [0.25, 0.3) is 0 Å². The molecule has 2 rings (SSSR count). The number of nitrogens with zero attached hydrogens (tertiary/aromatic N) is 1. The average Bonchev–Trinajstić information content (AvgIpc) is 2.60. The van der Waals surface area contributed by atoms with Crippen molar-refractivity contribution in [2.75, 3.05) is 26.8 Å². The fourth-order valence-electron chi connectivity index (χ4n) is 2.89. The molecule has 23 heavy (non-hydrogen) atoms. The Kier molecular flexibility index (Phi) is 6.44. The van der Waals surface area contributed by atoms with Gasteiger partial charge in [-0.2, -0.15) is 0 Å². The number of hydrogen-bond acceptors (Lipinski definition) is 4. The minimum Gasteiger partial charge on any atom is -0.497 e. The Morgan fingerprint density at radius 3 is 2.91 bits per heavy atom. The van der Waals surface area contributed by atoms with Crippen molar-refractivity contribution in [2.45, 2.75) is 32.6 Å². The zero-order chi connectivity index (χ0) is 16.7. The number of piperidine rings is 1. The number of hydrogen-bond donors (Lipinski definition) is 0. The molecule has 1 unspecified atom stereocenters. The number of esters is 1. The second-order valence-electron chi connectivity index (χ2n) is 5.78. The Morgan fingerprint density at radius 2 is 2.17 bits per heavy atom. The van der Waals surface area contributed by atoms with E-state index < -0.39 is 0 Å². The molecule has 1 aliphatic rings. The first-order valence-corrected chi connectivity index (χ1v) is 8.21. The molecule has 1 aromatic rings. The van der Waals surface area contributed by atoms with E-state index in [1.165, 1.54) is 0 Å². The SMILES string of the molecule is CCOC(=O)C1CCCN(C(=O)CCc2cccc(OC)c2)C1. The minimum absolute atomic E-state index is 0.0989. The van der Waals surface area contributed by atoms with Crippen LogP contribution in [0.5, 0.6) is 5.75 Å². The second kappa shape index (κ2) is 8.56. The Hall–Kier alpha value is -2.04. The van der Waals surface area contributed by atoms with Crippen molar-refractivity contribution in [3.63, 3.8) is 0 Å². The van der Waals surface area contributed by atoms with Gasteiger partial charge in [-0.25, -0.2) is 0 Å². The number of amides is 1. The maximum atomic E-state index is 12.4. The van der Waals surface area contributed by atoms with Crippen molar-refractivity contribution in [3.05, 3.63) is 29.8 Å². The van der Waals surface area contributed by atoms with Crippen LogP contribution in [0.1, 0.15) is 31.7 Å². The third kappa shape index (κ3) is 4.98. The summed E-state index contributed by atoms with van der Waals surface area (Å²) in [6.07, 6.45) is 2.78. The molecule has 1 aliphatic heterocycles. The maximum absolute atomic E-state index is 12.4. The second-order valence-corrected chi connectivity index (χ2v) is 5.78. The van der Waals surface area contributed by atoms with Gasteiger partial charge in [0.2, 0.25) is 5.91 Å². The molecule has 0 N–H and O–H groups in total. The predicted molar refractivity (Wildman–Crippen MR) is 87.3 cm³/mol. The van der Waals surface area contributed by atoms with Gasteiger partial charge in [-0.05, 0) is 43.9 Å². The fraction of sp³-hybridized carbons (Fsp3) is 0.556. The Bertz CT molecular complexity index is 544. The Balaban J connectivity index is 1.86. The smallest absolute Gasteiger partial charge is 0.310 e. The first kappa shape index (κ1) is 17.3. The van der Waals surface area contributed by atoms with Crippen LogP contribution in [-0.2, 0) is 20.7 Å². The lowest BCUT2D eigenvalue weighted by Crippen LogP contribution is -2.42. The highest BCUT2D eigenvalue weighted by Gasteiger charge is 2.28. The summed E-state index contributed by atoms with van der Waals surface area (Å²) in [4.78, 5) is 26.0. The zero-order valence-electron chi connectivity index (χ0n) is 13.9. The van der Waals surface area contributed by atoms with E-state index in [4.69, 9.17) is 9.47 Å². The van der Waals surface area contributed by atoms with Gasteiger partial charge in [-0.15, -0.1) is 0 Å². The first-order chi connectivity index (χ1) is 11.1. The number of methoxy groups -OCH3 is 1. The van der Waals surface area contributed by atoms with Crippen LogP contribution in [0.15, 0.2) is 24.3 Å². The number of carbonyl (C=O) groups excluding carboxylic acids is 2. The molecule has 126 valence electrons. The van der Waals surface area contributed by atoms with Gasteiger partial charge in [0.15, 0.2) is 0 Å². The quantitative estimate of drug-likeness (QED) is 0.756. The summed E-state index contributed by atoms with van der Waals surface area (Å²) < 4.78 is 10.3. The average molecular weight is 319 g/mol. The van der Waals surface area contributed by atoms with Crippen LogP contribution >= 0.6 is 0 Å². The van der Waals surface area contributed by atoms with Crippen molar-refractivity contribution >= 4 is 11.9 Å². The van der Waals surface area contributed by atoms with Gasteiger partial charge in [0.05, 0.1) is 19.6 Å². The molecule has 1 atom stereocenters. The molecule has 5 heteroatoms. The summed E-state index contributed by atoms with van der Waals surface area (Å²) in [6, 6.07) is 7.76. The highest BCUT2D eigenvalue weighted by molar-refractivity contribution is 5.78. The highest BCUT2D eigenvalue weighted by atomic mass is 16.5. The molecule has 1 fully saturated rings. The molecular formula is C18H25NO4. The third-order valence-corrected chi connectivity index (χ3v) is 4.16. The zero-order valence-corrected chi connectivity index (χ0v) is 13.9. The van der Waals surface area contributed by atoms with Gasteiger partial charge in [-0.3, -0.25) is 9.59 Å². The summed E-state index contributed by atoms with van der Waals surface area (Å²) in [5.74, 6) is 0.541. The summed E-state index contributed by atoms with van der Waals surface area (Å²) in [6.45, 7) is 3.40. The van der Waals surface area contributed by atoms with Crippen LogP contribution in [-0.4, -0.2) is 43.6 Å². The largest absolute Gasteiger partial charge is 0.497 e. The van der Waals surface area contributed by atoms with E-state index in [0.717, 1.165) is 30.7 Å². The van der Waals surface area contributed by atoms with Crippen LogP contribution in [0, 0.1) is 5.92 Å². The van der Waals surface area contributed by atoms with Crippen LogP contribution in [0.4, 0.5) is 0 Å². The molecule has 5 nitrogen and oxygen atoms in total. The molecule has 0 bridgehead atoms. The Morgan fingerprint density at radius 1 is 1.35 bits per heavy atom. The van der Waals surface area contributed by atoms with E-state index in [-0.39, 0.29) is 17.8 Å². The Labute approximate surface area is 137 Å². The molecule has 1 saturated heterocycles. The molecule has 0 spiro atoms. The summed E-state index contributed by atoms with van der Waals surface area (Å²) in [5, 5.41) is 0. The van der Waals surface area contributed by atoms with Crippen molar-refractivity contribution < 1.29 is 19.1 Å². The minimum atomic E-state index is -0.183. The number of aryl methyl sites for hydroxylation is 1. The van der Waals surface area contributed by atoms with Gasteiger partial charge in [0, 0.05) is 19.5 Å². The normalized spacial score (nSPS) is 17.7. The van der Waals surface area contributed by atoms with Gasteiger partial charge in [-0.1, -0.05) is 12.1 Å². The van der Waals surface area contributed by atoms with E-state index >= 15 is 0 Å². The standard InChI is InChI=1S/C18H25NO4/c1-3-23-18(21)15-7-5-11-19(13-15)17(20)10-9-14-6-4-8-16(12-14)22-2/h4,6,8,12,15H,3,5,7,9-11,13H2,1-2H3.